The van der Waals surface area contributed by atoms with E-state index in [-0.39, 0.29) is 17.8 Å². The van der Waals surface area contributed by atoms with Gasteiger partial charge < -0.3 is 9.84 Å². The molecule has 0 aromatic rings. The lowest BCUT2D eigenvalue weighted by Crippen LogP contribution is -2.15. The largest absolute Gasteiger partial charge is 0.391 e. The summed E-state index contributed by atoms with van der Waals surface area (Å²) in [6.45, 7) is 5.70. The summed E-state index contributed by atoms with van der Waals surface area (Å²) in [5, 5.41) is 8.90. The van der Waals surface area contributed by atoms with Gasteiger partial charge in [0.25, 0.3) is 0 Å². The molecule has 0 aliphatic carbocycles. The number of hydrogen-bond donors (Lipinski definition) is 1. The van der Waals surface area contributed by atoms with E-state index < -0.39 is 0 Å². The third-order valence-corrected chi connectivity index (χ3v) is 1.50. The van der Waals surface area contributed by atoms with E-state index in [1.807, 2.05) is 13.8 Å². The Kier molecular flexibility index (Phi) is 1.10. The number of aliphatic hydroxyl groups is 1. The van der Waals surface area contributed by atoms with E-state index in [0.29, 0.717) is 0 Å². The summed E-state index contributed by atoms with van der Waals surface area (Å²) in [5.41, 5.74) is -0.0613. The smallest absolute Gasteiger partial charge is 0.112 e. The lowest BCUT2D eigenvalue weighted by atomic mass is 10.1. The average Bonchev–Trinajstić information content (AvgIpc) is 2.13. The predicted molar refractivity (Wildman–Crippen MR) is 30.6 cm³/mol. The van der Waals surface area contributed by atoms with Crippen LogP contribution in [0.5, 0.6) is 0 Å². The van der Waals surface area contributed by atoms with Crippen LogP contribution in [0.25, 0.3) is 0 Å². The van der Waals surface area contributed by atoms with Gasteiger partial charge in [-0.25, -0.2) is 0 Å². The van der Waals surface area contributed by atoms with Crippen molar-refractivity contribution in [3.63, 3.8) is 0 Å². The molecule has 2 nitrogen and oxygen atoms in total. The Balaban J connectivity index is 2.37. The predicted octanol–water partition coefficient (Wildman–Crippen LogP) is 0.545. The number of rotatable bonds is 1. The van der Waals surface area contributed by atoms with E-state index in [1.54, 1.807) is 6.92 Å². The second-order valence-corrected chi connectivity index (χ2v) is 2.88. The van der Waals surface area contributed by atoms with Gasteiger partial charge >= 0.3 is 0 Å². The molecule has 1 saturated heterocycles. The van der Waals surface area contributed by atoms with Gasteiger partial charge in [-0.15, -0.1) is 0 Å². The third-order valence-electron chi connectivity index (χ3n) is 1.50. The van der Waals surface area contributed by atoms with Gasteiger partial charge in [0.15, 0.2) is 0 Å². The van der Waals surface area contributed by atoms with Crippen molar-refractivity contribution >= 4 is 0 Å². The van der Waals surface area contributed by atoms with E-state index in [0.717, 1.165) is 0 Å². The molecule has 1 heterocycles. The fraction of sp³-hybridized carbons (Fsp3) is 1.00. The summed E-state index contributed by atoms with van der Waals surface area (Å²) >= 11 is 0. The Labute approximate surface area is 49.5 Å². The van der Waals surface area contributed by atoms with Crippen LogP contribution in [-0.4, -0.2) is 22.9 Å². The Morgan fingerprint density at radius 3 is 2.00 bits per heavy atom. The van der Waals surface area contributed by atoms with Crippen LogP contribution in [0.2, 0.25) is 0 Å². The van der Waals surface area contributed by atoms with E-state index in [4.69, 9.17) is 9.84 Å². The summed E-state index contributed by atoms with van der Waals surface area (Å²) in [5.74, 6) is 0. The van der Waals surface area contributed by atoms with Gasteiger partial charge in [-0.1, -0.05) is 0 Å². The second-order valence-electron chi connectivity index (χ2n) is 2.88. The van der Waals surface area contributed by atoms with Crippen LogP contribution in [0.1, 0.15) is 20.8 Å². The highest BCUT2D eigenvalue weighted by Gasteiger charge is 2.50. The molecule has 1 N–H and O–H groups in total. The molecule has 0 aromatic heterocycles. The highest BCUT2D eigenvalue weighted by atomic mass is 16.6. The first kappa shape index (κ1) is 6.05. The fourth-order valence-electron chi connectivity index (χ4n) is 0.973. The van der Waals surface area contributed by atoms with Crippen molar-refractivity contribution < 1.29 is 9.84 Å². The maximum atomic E-state index is 8.90. The van der Waals surface area contributed by atoms with Crippen LogP contribution < -0.4 is 0 Å². The maximum Gasteiger partial charge on any atom is 0.112 e. The highest BCUT2D eigenvalue weighted by molar-refractivity contribution is 4.97. The molecule has 2 atom stereocenters. The third kappa shape index (κ3) is 0.858. The minimum Gasteiger partial charge on any atom is -0.391 e. The zero-order valence-electron chi connectivity index (χ0n) is 5.51. The summed E-state index contributed by atoms with van der Waals surface area (Å²) in [7, 11) is 0. The van der Waals surface area contributed by atoms with Gasteiger partial charge in [-0.3, -0.25) is 0 Å². The number of ether oxygens (including phenoxy) is 1. The van der Waals surface area contributed by atoms with Crippen LogP contribution in [0, 0.1) is 0 Å². The first-order valence-corrected chi connectivity index (χ1v) is 2.90. The highest BCUT2D eigenvalue weighted by Crippen LogP contribution is 2.37. The van der Waals surface area contributed by atoms with Crippen LogP contribution in [-0.2, 0) is 4.74 Å². The zero-order valence-corrected chi connectivity index (χ0v) is 5.51. The van der Waals surface area contributed by atoms with Gasteiger partial charge in [0, 0.05) is 0 Å². The minimum absolute atomic E-state index is 0.0613. The van der Waals surface area contributed by atoms with Gasteiger partial charge in [-0.05, 0) is 20.8 Å². The van der Waals surface area contributed by atoms with Crippen molar-refractivity contribution in [3.8, 4) is 0 Å². The Bertz CT molecular complexity index is 96.7. The first-order chi connectivity index (χ1) is 3.54. The lowest BCUT2D eigenvalue weighted by Gasteiger charge is -1.97. The van der Waals surface area contributed by atoms with Crippen molar-refractivity contribution in [2.24, 2.45) is 0 Å². The van der Waals surface area contributed by atoms with Gasteiger partial charge in [-0.2, -0.15) is 0 Å². The number of epoxide rings is 1. The van der Waals surface area contributed by atoms with Crippen molar-refractivity contribution in [3.05, 3.63) is 0 Å². The molecular formula is C6H12O2. The minimum atomic E-state index is -0.315. The van der Waals surface area contributed by atoms with Crippen molar-refractivity contribution in [1.29, 1.82) is 0 Å². The van der Waals surface area contributed by atoms with Gasteiger partial charge in [0.1, 0.15) is 6.10 Å². The van der Waals surface area contributed by atoms with E-state index in [1.165, 1.54) is 0 Å². The molecule has 48 valence electrons. The van der Waals surface area contributed by atoms with Crippen LogP contribution in [0.15, 0.2) is 0 Å². The Hall–Kier alpha value is -0.0800. The molecule has 0 spiro atoms. The molecule has 2 heteroatoms. The van der Waals surface area contributed by atoms with Crippen molar-refractivity contribution in [2.45, 2.75) is 38.6 Å². The molecule has 0 bridgehead atoms. The topological polar surface area (TPSA) is 32.8 Å². The maximum absolute atomic E-state index is 8.90. The molecule has 0 amide bonds. The number of hydrogen-bond acceptors (Lipinski definition) is 2. The standard InChI is InChI=1S/C6H12O2/c1-4(7)5-6(2,3)8-5/h4-5,7H,1-3H3/t4-,5-/m1/s1. The van der Waals surface area contributed by atoms with Gasteiger partial charge in [0.2, 0.25) is 0 Å². The van der Waals surface area contributed by atoms with E-state index in [9.17, 15) is 0 Å². The molecular weight excluding hydrogens is 104 g/mol. The van der Waals surface area contributed by atoms with E-state index >= 15 is 0 Å². The first-order valence-electron chi connectivity index (χ1n) is 2.90. The second kappa shape index (κ2) is 1.45. The number of aliphatic hydroxyl groups excluding tert-OH is 1. The Morgan fingerprint density at radius 2 is 2.00 bits per heavy atom. The Morgan fingerprint density at radius 1 is 1.62 bits per heavy atom. The van der Waals surface area contributed by atoms with Crippen LogP contribution in [0.4, 0.5) is 0 Å². The van der Waals surface area contributed by atoms with Gasteiger partial charge in [0.05, 0.1) is 11.7 Å². The SMILES string of the molecule is C[C@@H](O)[C@H]1OC1(C)C. The molecule has 0 radical (unpaired) electrons. The molecule has 1 rings (SSSR count). The molecule has 8 heavy (non-hydrogen) atoms. The van der Waals surface area contributed by atoms with Crippen LogP contribution in [0.3, 0.4) is 0 Å². The lowest BCUT2D eigenvalue weighted by molar-refractivity contribution is 0.152. The molecule has 0 unspecified atom stereocenters. The monoisotopic (exact) mass is 116 g/mol. The summed E-state index contributed by atoms with van der Waals surface area (Å²) in [6.07, 6.45) is -0.243. The summed E-state index contributed by atoms with van der Waals surface area (Å²) < 4.78 is 5.12. The normalized spacial score (nSPS) is 36.8. The van der Waals surface area contributed by atoms with E-state index in [2.05, 4.69) is 0 Å². The zero-order chi connectivity index (χ0) is 6.36. The van der Waals surface area contributed by atoms with Crippen molar-refractivity contribution in [1.82, 2.24) is 0 Å². The average molecular weight is 116 g/mol. The quantitative estimate of drug-likeness (QED) is 0.507. The summed E-state index contributed by atoms with van der Waals surface area (Å²) in [6, 6.07) is 0. The van der Waals surface area contributed by atoms with Crippen molar-refractivity contribution in [2.75, 3.05) is 0 Å². The molecule has 1 fully saturated rings. The molecule has 1 aliphatic rings. The summed E-state index contributed by atoms with van der Waals surface area (Å²) in [4.78, 5) is 0. The molecule has 0 saturated carbocycles. The van der Waals surface area contributed by atoms with Crippen LogP contribution >= 0.6 is 0 Å². The molecule has 0 aromatic carbocycles. The molecule has 1 aliphatic heterocycles. The fourth-order valence-corrected chi connectivity index (χ4v) is 0.973.